The number of thiazole rings is 1. The van der Waals surface area contributed by atoms with E-state index in [2.05, 4.69) is 11.9 Å². The normalized spacial score (nSPS) is 17.4. The Hall–Kier alpha value is -2.73. The number of amides is 1. The van der Waals surface area contributed by atoms with Crippen molar-refractivity contribution >= 4 is 37.5 Å². The van der Waals surface area contributed by atoms with Crippen LogP contribution < -0.4 is 14.3 Å². The van der Waals surface area contributed by atoms with Crippen molar-refractivity contribution in [3.05, 3.63) is 46.8 Å². The predicted octanol–water partition coefficient (Wildman–Crippen LogP) is 3.53. The van der Waals surface area contributed by atoms with E-state index in [-0.39, 0.29) is 4.90 Å². The molecule has 0 N–H and O–H groups in total. The number of methoxy groups -OCH3 is 3. The van der Waals surface area contributed by atoms with E-state index in [9.17, 15) is 13.2 Å². The van der Waals surface area contributed by atoms with Gasteiger partial charge in [-0.1, -0.05) is 18.3 Å². The molecule has 1 atom stereocenters. The van der Waals surface area contributed by atoms with Gasteiger partial charge in [0.25, 0.3) is 5.91 Å². The van der Waals surface area contributed by atoms with Gasteiger partial charge >= 0.3 is 0 Å². The molecular formula is C25H31N3O6S2. The first-order valence-corrected chi connectivity index (χ1v) is 14.0. The Balaban J connectivity index is 1.67. The first-order valence-electron chi connectivity index (χ1n) is 11.7. The lowest BCUT2D eigenvalue weighted by molar-refractivity contribution is 0.0997. The zero-order chi connectivity index (χ0) is 25.9. The van der Waals surface area contributed by atoms with E-state index in [1.54, 1.807) is 21.3 Å². The molecular weight excluding hydrogens is 502 g/mol. The number of rotatable bonds is 8. The van der Waals surface area contributed by atoms with Gasteiger partial charge in [-0.05, 0) is 43.0 Å². The maximum atomic E-state index is 13.1. The van der Waals surface area contributed by atoms with Crippen molar-refractivity contribution in [1.82, 2.24) is 8.87 Å². The summed E-state index contributed by atoms with van der Waals surface area (Å²) in [4.78, 5) is 18.1. The number of benzene rings is 2. The molecule has 1 amide bonds. The monoisotopic (exact) mass is 533 g/mol. The van der Waals surface area contributed by atoms with E-state index in [0.29, 0.717) is 54.0 Å². The van der Waals surface area contributed by atoms with Crippen LogP contribution in [0.4, 0.5) is 0 Å². The van der Waals surface area contributed by atoms with Crippen LogP contribution in [0.3, 0.4) is 0 Å². The minimum Gasteiger partial charge on any atom is -0.493 e. The van der Waals surface area contributed by atoms with Gasteiger partial charge in [-0.2, -0.15) is 9.30 Å². The van der Waals surface area contributed by atoms with Gasteiger partial charge in [-0.15, -0.1) is 0 Å². The largest absolute Gasteiger partial charge is 0.493 e. The Labute approximate surface area is 215 Å². The average Bonchev–Trinajstić information content (AvgIpc) is 3.21. The first-order chi connectivity index (χ1) is 17.3. The number of hydrogen-bond donors (Lipinski definition) is 0. The fraction of sp³-hybridized carbons (Fsp3) is 0.440. The number of sulfonamides is 1. The molecule has 0 saturated carbocycles. The number of carbonyl (C=O) groups is 1. The van der Waals surface area contributed by atoms with Crippen LogP contribution >= 0.6 is 11.3 Å². The van der Waals surface area contributed by atoms with Gasteiger partial charge in [0.1, 0.15) is 0 Å². The number of aromatic nitrogens is 1. The summed E-state index contributed by atoms with van der Waals surface area (Å²) in [6.45, 7) is 4.02. The molecule has 1 saturated heterocycles. The molecule has 1 fully saturated rings. The third-order valence-electron chi connectivity index (χ3n) is 6.26. The highest BCUT2D eigenvalue weighted by molar-refractivity contribution is 7.89. The molecule has 9 nitrogen and oxygen atoms in total. The Morgan fingerprint density at radius 1 is 1.11 bits per heavy atom. The van der Waals surface area contributed by atoms with E-state index >= 15 is 0 Å². The summed E-state index contributed by atoms with van der Waals surface area (Å²) in [5, 5.41) is 0. The van der Waals surface area contributed by atoms with Crippen LogP contribution in [0.2, 0.25) is 0 Å². The van der Waals surface area contributed by atoms with Gasteiger partial charge < -0.3 is 18.8 Å². The number of piperidine rings is 1. The molecule has 2 heterocycles. The first kappa shape index (κ1) is 26.3. The molecule has 2 aromatic carbocycles. The van der Waals surface area contributed by atoms with Gasteiger partial charge in [0.15, 0.2) is 16.3 Å². The molecule has 0 spiro atoms. The molecule has 36 heavy (non-hydrogen) atoms. The Bertz CT molecular complexity index is 1410. The topological polar surface area (TPSA) is 99.4 Å². The van der Waals surface area contributed by atoms with Crippen LogP contribution in [0, 0.1) is 5.92 Å². The second kappa shape index (κ2) is 11.1. The highest BCUT2D eigenvalue weighted by atomic mass is 32.2. The smallest absolute Gasteiger partial charge is 0.279 e. The fourth-order valence-corrected chi connectivity index (χ4v) is 6.98. The number of carbonyl (C=O) groups excluding carboxylic acids is 1. The molecule has 4 rings (SSSR count). The van der Waals surface area contributed by atoms with Gasteiger partial charge in [-0.25, -0.2) is 8.42 Å². The zero-order valence-electron chi connectivity index (χ0n) is 20.9. The summed E-state index contributed by atoms with van der Waals surface area (Å²) in [6.07, 6.45) is 1.88. The van der Waals surface area contributed by atoms with Crippen molar-refractivity contribution in [1.29, 1.82) is 0 Å². The molecule has 194 valence electrons. The van der Waals surface area contributed by atoms with E-state index < -0.39 is 15.9 Å². The Morgan fingerprint density at radius 2 is 1.81 bits per heavy atom. The molecule has 1 unspecified atom stereocenters. The maximum absolute atomic E-state index is 13.1. The average molecular weight is 534 g/mol. The third-order valence-corrected chi connectivity index (χ3v) is 9.18. The highest BCUT2D eigenvalue weighted by Gasteiger charge is 2.28. The summed E-state index contributed by atoms with van der Waals surface area (Å²) in [5.41, 5.74) is 1.16. The zero-order valence-corrected chi connectivity index (χ0v) is 22.5. The lowest BCUT2D eigenvalue weighted by Gasteiger charge is -2.30. The quantitative estimate of drug-likeness (QED) is 0.439. The molecule has 1 aliphatic rings. The molecule has 1 aromatic heterocycles. The van der Waals surface area contributed by atoms with Crippen LogP contribution in [-0.4, -0.2) is 64.2 Å². The highest BCUT2D eigenvalue weighted by Crippen LogP contribution is 2.33. The van der Waals surface area contributed by atoms with Crippen molar-refractivity contribution in [2.75, 3.05) is 41.0 Å². The number of nitrogens with zero attached hydrogens (tertiary/aromatic N) is 3. The van der Waals surface area contributed by atoms with Gasteiger partial charge in [0.05, 0.1) is 35.9 Å². The second-order valence-corrected chi connectivity index (χ2v) is 11.7. The molecule has 0 radical (unpaired) electrons. The summed E-state index contributed by atoms with van der Waals surface area (Å²) in [7, 11) is 1.16. The predicted molar refractivity (Wildman–Crippen MR) is 138 cm³/mol. The summed E-state index contributed by atoms with van der Waals surface area (Å²) < 4.78 is 46.5. The minimum atomic E-state index is -3.59. The third kappa shape index (κ3) is 5.34. The van der Waals surface area contributed by atoms with Gasteiger partial charge in [0, 0.05) is 44.4 Å². The molecule has 0 aliphatic carbocycles. The van der Waals surface area contributed by atoms with E-state index in [0.717, 1.165) is 23.1 Å². The lowest BCUT2D eigenvalue weighted by Crippen LogP contribution is -2.39. The van der Waals surface area contributed by atoms with E-state index in [4.69, 9.17) is 14.2 Å². The van der Waals surface area contributed by atoms with Crippen molar-refractivity contribution in [2.24, 2.45) is 10.9 Å². The molecule has 3 aromatic rings. The Kier molecular flexibility index (Phi) is 8.13. The fourth-order valence-electron chi connectivity index (χ4n) is 4.32. The van der Waals surface area contributed by atoms with E-state index in [1.165, 1.54) is 39.9 Å². The van der Waals surface area contributed by atoms with Crippen molar-refractivity contribution in [3.63, 3.8) is 0 Å². The van der Waals surface area contributed by atoms with Gasteiger partial charge in [-0.3, -0.25) is 4.79 Å². The van der Waals surface area contributed by atoms with Gasteiger partial charge in [0.2, 0.25) is 10.0 Å². The summed E-state index contributed by atoms with van der Waals surface area (Å²) in [6, 6.07) is 9.71. The lowest BCUT2D eigenvalue weighted by atomic mass is 10.0. The van der Waals surface area contributed by atoms with Crippen LogP contribution in [0.5, 0.6) is 11.5 Å². The molecule has 11 heteroatoms. The van der Waals surface area contributed by atoms with Crippen LogP contribution in [0.15, 0.2) is 46.3 Å². The van der Waals surface area contributed by atoms with Crippen LogP contribution in [0.25, 0.3) is 10.2 Å². The van der Waals surface area contributed by atoms with Crippen LogP contribution in [0.1, 0.15) is 30.1 Å². The van der Waals surface area contributed by atoms with Crippen molar-refractivity contribution in [3.8, 4) is 11.5 Å². The van der Waals surface area contributed by atoms with Crippen molar-refractivity contribution in [2.45, 2.75) is 31.2 Å². The van der Waals surface area contributed by atoms with Crippen LogP contribution in [-0.2, 0) is 21.3 Å². The molecule has 0 bridgehead atoms. The Morgan fingerprint density at radius 3 is 2.44 bits per heavy atom. The standard InChI is InChI=1S/C25H31N3O6S2/c1-17-6-5-11-27(16-17)36(30,31)19-9-7-18(8-10-19)24(29)26-25-28(12-13-32-2)20-14-21(33-3)22(34-4)15-23(20)35-25/h7-10,14-15,17H,5-6,11-13,16H2,1-4H3. The SMILES string of the molecule is COCCn1c(=NC(=O)c2ccc(S(=O)(=O)N3CCCC(C)C3)cc2)sc2cc(OC)c(OC)cc21. The summed E-state index contributed by atoms with van der Waals surface area (Å²) >= 11 is 1.35. The second-order valence-electron chi connectivity index (χ2n) is 8.76. The summed E-state index contributed by atoms with van der Waals surface area (Å²) in [5.74, 6) is 1.04. The van der Waals surface area contributed by atoms with E-state index in [1.807, 2.05) is 16.7 Å². The maximum Gasteiger partial charge on any atom is 0.279 e. The number of ether oxygens (including phenoxy) is 3. The van der Waals surface area contributed by atoms with Crippen molar-refractivity contribution < 1.29 is 27.4 Å². The number of hydrogen-bond acceptors (Lipinski definition) is 7. The number of fused-ring (bicyclic) bond motifs is 1. The minimum absolute atomic E-state index is 0.185. The molecule has 1 aliphatic heterocycles.